The highest BCUT2D eigenvalue weighted by Gasteiger charge is 2.35. The summed E-state index contributed by atoms with van der Waals surface area (Å²) >= 11 is 0. The molecule has 1 aliphatic rings. The fourth-order valence-electron chi connectivity index (χ4n) is 3.37. The van der Waals surface area contributed by atoms with Crippen LogP contribution in [0.15, 0.2) is 53.3 Å². The Balaban J connectivity index is 1.42. The van der Waals surface area contributed by atoms with Crippen molar-refractivity contribution in [3.8, 4) is 5.69 Å². The molecule has 0 bridgehead atoms. The smallest absolute Gasteiger partial charge is 0.368 e. The van der Waals surface area contributed by atoms with E-state index in [4.69, 9.17) is 5.73 Å². The summed E-state index contributed by atoms with van der Waals surface area (Å²) in [7, 11) is 0. The number of tetrazole rings is 1. The average molecular weight is 439 g/mol. The Kier molecular flexibility index (Phi) is 5.50. The van der Waals surface area contributed by atoms with Gasteiger partial charge < -0.3 is 16.0 Å². The summed E-state index contributed by atoms with van der Waals surface area (Å²) in [5.41, 5.74) is 5.80. The van der Waals surface area contributed by atoms with E-state index in [0.29, 0.717) is 17.1 Å². The molecule has 164 valence electrons. The molecule has 3 amide bonds. The summed E-state index contributed by atoms with van der Waals surface area (Å²) in [6.45, 7) is -0.200. The average Bonchev–Trinajstić information content (AvgIpc) is 3.32. The van der Waals surface area contributed by atoms with Crippen LogP contribution in [0.2, 0.25) is 0 Å². The topological polar surface area (TPSA) is 145 Å². The summed E-state index contributed by atoms with van der Waals surface area (Å²) in [4.78, 5) is 49.6. The maximum Gasteiger partial charge on any atom is 0.368 e. The van der Waals surface area contributed by atoms with Gasteiger partial charge in [-0.15, -0.1) is 0 Å². The van der Waals surface area contributed by atoms with E-state index < -0.39 is 23.3 Å². The van der Waals surface area contributed by atoms with Crippen LogP contribution in [0.1, 0.15) is 6.42 Å². The fraction of sp³-hybridized carbons (Fsp3) is 0.200. The van der Waals surface area contributed by atoms with Crippen LogP contribution in [0, 0.1) is 11.7 Å². The van der Waals surface area contributed by atoms with Gasteiger partial charge >= 0.3 is 5.69 Å². The standard InChI is InChI=1S/C20H18FN7O4/c21-13-1-5-15(6-2-13)26-10-12(9-18(26)30)19(31)23-14-3-7-16(8-4-14)28-20(32)27(24-25-28)11-17(22)29/h1-8,12H,9-11H2,(H2,22,29)(H,23,31)/t12-/m1/s1. The van der Waals surface area contributed by atoms with E-state index in [1.807, 2.05) is 0 Å². The molecule has 3 N–H and O–H groups in total. The van der Waals surface area contributed by atoms with Crippen LogP contribution < -0.4 is 21.6 Å². The van der Waals surface area contributed by atoms with Crippen LogP contribution in [0.25, 0.3) is 5.69 Å². The molecule has 1 saturated heterocycles. The predicted octanol–water partition coefficient (Wildman–Crippen LogP) is 0.0450. The summed E-state index contributed by atoms with van der Waals surface area (Å²) in [5.74, 6) is -2.24. The third kappa shape index (κ3) is 4.24. The van der Waals surface area contributed by atoms with Gasteiger partial charge in [-0.25, -0.2) is 9.18 Å². The first kappa shape index (κ1) is 20.9. The second-order valence-electron chi connectivity index (χ2n) is 7.22. The van der Waals surface area contributed by atoms with Gasteiger partial charge in [0.05, 0.1) is 11.6 Å². The molecule has 1 atom stereocenters. The number of primary amides is 1. The quantitative estimate of drug-likeness (QED) is 0.555. The number of hydrogen-bond donors (Lipinski definition) is 2. The van der Waals surface area contributed by atoms with Crippen LogP contribution in [0.3, 0.4) is 0 Å². The van der Waals surface area contributed by atoms with Gasteiger partial charge in [0.1, 0.15) is 12.4 Å². The Morgan fingerprint density at radius 1 is 1.03 bits per heavy atom. The maximum atomic E-state index is 13.1. The fourth-order valence-corrected chi connectivity index (χ4v) is 3.37. The Labute approximate surface area is 180 Å². The van der Waals surface area contributed by atoms with Gasteiger partial charge in [-0.2, -0.15) is 9.36 Å². The number of anilines is 2. The van der Waals surface area contributed by atoms with E-state index in [1.54, 1.807) is 24.3 Å². The van der Waals surface area contributed by atoms with Gasteiger partial charge in [0.25, 0.3) is 0 Å². The summed E-state index contributed by atoms with van der Waals surface area (Å²) in [6.07, 6.45) is 0.0413. The van der Waals surface area contributed by atoms with Crippen LogP contribution in [0.5, 0.6) is 0 Å². The molecule has 1 fully saturated rings. The largest absolute Gasteiger partial charge is 0.368 e. The number of nitrogens with one attached hydrogen (secondary N) is 1. The van der Waals surface area contributed by atoms with Gasteiger partial charge in [-0.3, -0.25) is 14.4 Å². The van der Waals surface area contributed by atoms with E-state index in [1.165, 1.54) is 29.2 Å². The first-order valence-electron chi connectivity index (χ1n) is 9.60. The molecule has 32 heavy (non-hydrogen) atoms. The molecule has 0 radical (unpaired) electrons. The number of aromatic nitrogens is 4. The first-order valence-corrected chi connectivity index (χ1v) is 9.60. The van der Waals surface area contributed by atoms with Gasteiger partial charge in [-0.1, -0.05) is 0 Å². The zero-order valence-corrected chi connectivity index (χ0v) is 16.6. The molecule has 4 rings (SSSR count). The van der Waals surface area contributed by atoms with Crippen LogP contribution >= 0.6 is 0 Å². The number of rotatable bonds is 6. The molecule has 0 aliphatic carbocycles. The summed E-state index contributed by atoms with van der Waals surface area (Å²) in [6, 6.07) is 11.7. The van der Waals surface area contributed by atoms with Gasteiger partial charge in [-0.05, 0) is 59.0 Å². The highest BCUT2D eigenvalue weighted by atomic mass is 19.1. The highest BCUT2D eigenvalue weighted by molar-refractivity contribution is 6.03. The summed E-state index contributed by atoms with van der Waals surface area (Å²) < 4.78 is 14.9. The van der Waals surface area contributed by atoms with Crippen molar-refractivity contribution in [2.24, 2.45) is 11.7 Å². The molecule has 2 heterocycles. The van der Waals surface area contributed by atoms with E-state index in [9.17, 15) is 23.6 Å². The minimum Gasteiger partial charge on any atom is -0.368 e. The van der Waals surface area contributed by atoms with Crippen molar-refractivity contribution < 1.29 is 18.8 Å². The number of benzene rings is 2. The number of carbonyl (C=O) groups is 3. The first-order chi connectivity index (χ1) is 15.3. The molecule has 1 aromatic heterocycles. The molecule has 0 saturated carbocycles. The van der Waals surface area contributed by atoms with Gasteiger partial charge in [0.2, 0.25) is 17.7 Å². The lowest BCUT2D eigenvalue weighted by Gasteiger charge is -2.16. The van der Waals surface area contributed by atoms with Crippen LogP contribution in [-0.4, -0.2) is 44.1 Å². The molecule has 11 nitrogen and oxygen atoms in total. The summed E-state index contributed by atoms with van der Waals surface area (Å²) in [5, 5.41) is 10.0. The molecule has 0 unspecified atom stereocenters. The van der Waals surface area contributed by atoms with Crippen LogP contribution in [-0.2, 0) is 20.9 Å². The monoisotopic (exact) mass is 439 g/mol. The number of nitrogens with two attached hydrogens (primary N) is 1. The van der Waals surface area contributed by atoms with E-state index in [-0.39, 0.29) is 31.3 Å². The SMILES string of the molecule is NC(=O)Cn1nnn(-c2ccc(NC(=O)[C@@H]3CC(=O)N(c4ccc(F)cc4)C3)cc2)c1=O. The Bertz CT molecular complexity index is 1230. The molecular weight excluding hydrogens is 421 g/mol. The van der Waals surface area contributed by atoms with Crippen molar-refractivity contribution in [1.82, 2.24) is 19.8 Å². The lowest BCUT2D eigenvalue weighted by Crippen LogP contribution is -2.30. The third-order valence-corrected chi connectivity index (χ3v) is 4.96. The number of carbonyl (C=O) groups excluding carboxylic acids is 3. The normalized spacial score (nSPS) is 15.7. The van der Waals surface area contributed by atoms with Crippen molar-refractivity contribution in [1.29, 1.82) is 0 Å². The van der Waals surface area contributed by atoms with Crippen molar-refractivity contribution in [3.63, 3.8) is 0 Å². The Morgan fingerprint density at radius 3 is 2.34 bits per heavy atom. The number of hydrogen-bond acceptors (Lipinski definition) is 6. The number of nitrogens with zero attached hydrogens (tertiary/aromatic N) is 5. The molecule has 3 aromatic rings. The lowest BCUT2D eigenvalue weighted by atomic mass is 10.1. The number of amides is 3. The van der Waals surface area contributed by atoms with Crippen molar-refractivity contribution >= 4 is 29.1 Å². The molecular formula is C20H18FN7O4. The van der Waals surface area contributed by atoms with E-state index in [2.05, 4.69) is 15.7 Å². The maximum absolute atomic E-state index is 13.1. The second-order valence-corrected chi connectivity index (χ2v) is 7.22. The third-order valence-electron chi connectivity index (χ3n) is 4.96. The van der Waals surface area contributed by atoms with Crippen molar-refractivity contribution in [2.45, 2.75) is 13.0 Å². The molecule has 2 aromatic carbocycles. The predicted molar refractivity (Wildman–Crippen MR) is 110 cm³/mol. The van der Waals surface area contributed by atoms with E-state index in [0.717, 1.165) is 9.36 Å². The minimum atomic E-state index is -0.722. The lowest BCUT2D eigenvalue weighted by molar-refractivity contribution is -0.122. The molecule has 12 heteroatoms. The van der Waals surface area contributed by atoms with Crippen molar-refractivity contribution in [2.75, 3.05) is 16.8 Å². The van der Waals surface area contributed by atoms with Gasteiger partial charge in [0, 0.05) is 24.3 Å². The van der Waals surface area contributed by atoms with E-state index >= 15 is 0 Å². The molecule has 0 spiro atoms. The Hall–Kier alpha value is -4.35. The second kappa shape index (κ2) is 8.41. The van der Waals surface area contributed by atoms with Gasteiger partial charge in [0.15, 0.2) is 0 Å². The Morgan fingerprint density at radius 2 is 1.69 bits per heavy atom. The van der Waals surface area contributed by atoms with Crippen LogP contribution in [0.4, 0.5) is 15.8 Å². The number of halogens is 1. The highest BCUT2D eigenvalue weighted by Crippen LogP contribution is 2.26. The molecule has 1 aliphatic heterocycles. The van der Waals surface area contributed by atoms with Crippen molar-refractivity contribution in [3.05, 3.63) is 64.8 Å². The zero-order valence-electron chi connectivity index (χ0n) is 16.6. The minimum absolute atomic E-state index is 0.0413. The zero-order chi connectivity index (χ0) is 22.8.